The SMILES string of the molecule is CC1(C)CC2CC1C1C3CCC(C3)C21C. The van der Waals surface area contributed by atoms with E-state index in [9.17, 15) is 0 Å². The van der Waals surface area contributed by atoms with Crippen LogP contribution in [0.5, 0.6) is 0 Å². The van der Waals surface area contributed by atoms with E-state index in [2.05, 4.69) is 20.8 Å². The van der Waals surface area contributed by atoms with Crippen LogP contribution < -0.4 is 0 Å². The van der Waals surface area contributed by atoms with Crippen molar-refractivity contribution < 1.29 is 0 Å². The van der Waals surface area contributed by atoms with Crippen LogP contribution in [0.3, 0.4) is 0 Å². The van der Waals surface area contributed by atoms with E-state index in [0.29, 0.717) is 5.41 Å². The monoisotopic (exact) mass is 204 g/mol. The molecular formula is C15H24. The van der Waals surface area contributed by atoms with Gasteiger partial charge in [-0.3, -0.25) is 0 Å². The second-order valence-electron chi connectivity index (χ2n) is 7.89. The molecule has 6 atom stereocenters. The highest BCUT2D eigenvalue weighted by Crippen LogP contribution is 2.77. The molecule has 4 aliphatic carbocycles. The molecule has 0 aromatic carbocycles. The van der Waals surface area contributed by atoms with Gasteiger partial charge in [-0.05, 0) is 72.5 Å². The van der Waals surface area contributed by atoms with Crippen LogP contribution in [0.25, 0.3) is 0 Å². The fraction of sp³-hybridized carbons (Fsp3) is 1.00. The van der Waals surface area contributed by atoms with Crippen LogP contribution in [0.1, 0.15) is 52.9 Å². The first-order valence-corrected chi connectivity index (χ1v) is 7.03. The Morgan fingerprint density at radius 3 is 2.53 bits per heavy atom. The average molecular weight is 204 g/mol. The van der Waals surface area contributed by atoms with E-state index in [1.54, 1.807) is 25.7 Å². The fourth-order valence-electron chi connectivity index (χ4n) is 6.66. The minimum Gasteiger partial charge on any atom is -0.0596 e. The van der Waals surface area contributed by atoms with E-state index in [4.69, 9.17) is 0 Å². The lowest BCUT2D eigenvalue weighted by molar-refractivity contribution is -0.0152. The predicted octanol–water partition coefficient (Wildman–Crippen LogP) is 4.10. The average Bonchev–Trinajstić information content (AvgIpc) is 2.79. The van der Waals surface area contributed by atoms with E-state index in [0.717, 1.165) is 35.0 Å². The van der Waals surface area contributed by atoms with Gasteiger partial charge in [0.1, 0.15) is 0 Å². The molecule has 4 saturated carbocycles. The van der Waals surface area contributed by atoms with Crippen molar-refractivity contribution >= 4 is 0 Å². The highest BCUT2D eigenvalue weighted by Gasteiger charge is 2.70. The van der Waals surface area contributed by atoms with Gasteiger partial charge in [-0.1, -0.05) is 20.8 Å². The normalized spacial score (nSPS) is 63.8. The van der Waals surface area contributed by atoms with Crippen LogP contribution >= 0.6 is 0 Å². The highest BCUT2D eigenvalue weighted by molar-refractivity contribution is 5.18. The molecule has 4 fully saturated rings. The van der Waals surface area contributed by atoms with Crippen LogP contribution in [0.4, 0.5) is 0 Å². The molecule has 0 nitrogen and oxygen atoms in total. The summed E-state index contributed by atoms with van der Waals surface area (Å²) in [5, 5.41) is 0. The topological polar surface area (TPSA) is 0 Å². The Morgan fingerprint density at radius 2 is 1.73 bits per heavy atom. The summed E-state index contributed by atoms with van der Waals surface area (Å²) >= 11 is 0. The number of hydrogen-bond acceptors (Lipinski definition) is 0. The summed E-state index contributed by atoms with van der Waals surface area (Å²) in [5.74, 6) is 5.57. The largest absolute Gasteiger partial charge is 0.0596 e. The van der Waals surface area contributed by atoms with Gasteiger partial charge in [-0.15, -0.1) is 0 Å². The number of fused-ring (bicyclic) bond motifs is 9. The van der Waals surface area contributed by atoms with Crippen LogP contribution in [0.15, 0.2) is 0 Å². The van der Waals surface area contributed by atoms with Crippen molar-refractivity contribution in [3.63, 3.8) is 0 Å². The van der Waals surface area contributed by atoms with Gasteiger partial charge in [0.05, 0.1) is 0 Å². The Labute approximate surface area is 93.8 Å². The Bertz CT molecular complexity index is 316. The molecule has 4 aliphatic rings. The van der Waals surface area contributed by atoms with Crippen molar-refractivity contribution in [3.8, 4) is 0 Å². The van der Waals surface area contributed by atoms with Gasteiger partial charge in [-0.25, -0.2) is 0 Å². The lowest BCUT2D eigenvalue weighted by Crippen LogP contribution is -2.43. The minimum absolute atomic E-state index is 0.680. The molecule has 0 heterocycles. The molecule has 0 aliphatic heterocycles. The summed E-state index contributed by atoms with van der Waals surface area (Å²) in [7, 11) is 0. The van der Waals surface area contributed by atoms with E-state index >= 15 is 0 Å². The zero-order valence-electron chi connectivity index (χ0n) is 10.4. The number of hydrogen-bond donors (Lipinski definition) is 0. The molecule has 0 radical (unpaired) electrons. The van der Waals surface area contributed by atoms with Crippen molar-refractivity contribution in [2.45, 2.75) is 52.9 Å². The number of rotatable bonds is 0. The van der Waals surface area contributed by atoms with Crippen LogP contribution in [0, 0.1) is 40.4 Å². The molecule has 0 spiro atoms. The first kappa shape index (κ1) is 9.07. The molecule has 0 saturated heterocycles. The minimum atomic E-state index is 0.680. The molecule has 84 valence electrons. The summed E-state index contributed by atoms with van der Waals surface area (Å²) in [6, 6.07) is 0. The molecule has 4 bridgehead atoms. The van der Waals surface area contributed by atoms with Gasteiger partial charge in [0.25, 0.3) is 0 Å². The van der Waals surface area contributed by atoms with Gasteiger partial charge in [0, 0.05) is 0 Å². The van der Waals surface area contributed by atoms with Gasteiger partial charge in [-0.2, -0.15) is 0 Å². The van der Waals surface area contributed by atoms with Crippen molar-refractivity contribution in [2.24, 2.45) is 40.4 Å². The second-order valence-corrected chi connectivity index (χ2v) is 7.89. The van der Waals surface area contributed by atoms with Gasteiger partial charge in [0.15, 0.2) is 0 Å². The smallest absolute Gasteiger partial charge is 0.0235 e. The third kappa shape index (κ3) is 0.806. The Morgan fingerprint density at radius 1 is 0.933 bits per heavy atom. The fourth-order valence-corrected chi connectivity index (χ4v) is 6.66. The standard InChI is InChI=1S/C15H24/c1-14(2)8-11-7-12(14)13-9-4-5-10(6-9)15(11,13)3/h9-13H,4-8H2,1-3H3. The third-order valence-electron chi connectivity index (χ3n) is 7.21. The first-order valence-electron chi connectivity index (χ1n) is 7.03. The Kier molecular flexibility index (Phi) is 1.40. The summed E-state index contributed by atoms with van der Waals surface area (Å²) < 4.78 is 0. The zero-order valence-corrected chi connectivity index (χ0v) is 10.4. The van der Waals surface area contributed by atoms with Gasteiger partial charge in [0.2, 0.25) is 0 Å². The summed E-state index contributed by atoms with van der Waals surface area (Å²) in [6.07, 6.45) is 7.87. The molecule has 0 aromatic rings. The molecule has 0 amide bonds. The molecule has 0 aromatic heterocycles. The third-order valence-corrected chi connectivity index (χ3v) is 7.21. The predicted molar refractivity (Wildman–Crippen MR) is 62.4 cm³/mol. The zero-order chi connectivity index (χ0) is 10.4. The molecule has 0 N–H and O–H groups in total. The maximum Gasteiger partial charge on any atom is -0.0235 e. The molecule has 15 heavy (non-hydrogen) atoms. The quantitative estimate of drug-likeness (QED) is 0.521. The van der Waals surface area contributed by atoms with E-state index in [1.807, 2.05) is 0 Å². The van der Waals surface area contributed by atoms with E-state index < -0.39 is 0 Å². The van der Waals surface area contributed by atoms with Crippen molar-refractivity contribution in [1.29, 1.82) is 0 Å². The van der Waals surface area contributed by atoms with Gasteiger partial charge >= 0.3 is 0 Å². The molecule has 0 heteroatoms. The first-order chi connectivity index (χ1) is 7.03. The van der Waals surface area contributed by atoms with E-state index in [1.165, 1.54) is 6.42 Å². The van der Waals surface area contributed by atoms with Gasteiger partial charge < -0.3 is 0 Å². The van der Waals surface area contributed by atoms with Crippen LogP contribution in [-0.2, 0) is 0 Å². The highest BCUT2D eigenvalue weighted by atomic mass is 14.7. The molecule has 4 rings (SSSR count). The van der Waals surface area contributed by atoms with E-state index in [-0.39, 0.29) is 0 Å². The summed E-state index contributed by atoms with van der Waals surface area (Å²) in [6.45, 7) is 7.76. The Hall–Kier alpha value is 0. The molecule has 6 unspecified atom stereocenters. The van der Waals surface area contributed by atoms with Crippen molar-refractivity contribution in [2.75, 3.05) is 0 Å². The summed E-state index contributed by atoms with van der Waals surface area (Å²) in [4.78, 5) is 0. The van der Waals surface area contributed by atoms with Crippen molar-refractivity contribution in [3.05, 3.63) is 0 Å². The second kappa shape index (κ2) is 2.31. The lowest BCUT2D eigenvalue weighted by atomic mass is 9.55. The maximum atomic E-state index is 2.67. The molecular weight excluding hydrogens is 180 g/mol. The summed E-state index contributed by atoms with van der Waals surface area (Å²) in [5.41, 5.74) is 1.47. The Balaban J connectivity index is 1.81. The van der Waals surface area contributed by atoms with Crippen LogP contribution in [-0.4, -0.2) is 0 Å². The van der Waals surface area contributed by atoms with Crippen LogP contribution in [0.2, 0.25) is 0 Å². The maximum absolute atomic E-state index is 2.67. The lowest BCUT2D eigenvalue weighted by Gasteiger charge is -2.50. The van der Waals surface area contributed by atoms with Crippen molar-refractivity contribution in [1.82, 2.24) is 0 Å².